The predicted molar refractivity (Wildman–Crippen MR) is 164 cm³/mol. The van der Waals surface area contributed by atoms with Crippen LogP contribution >= 0.6 is 0 Å². The van der Waals surface area contributed by atoms with Crippen molar-refractivity contribution in [2.75, 3.05) is 48.6 Å². The molecule has 0 saturated carbocycles. The molecular formula is C32H32N6O2. The average molecular weight is 533 g/mol. The fraction of sp³-hybridized carbons (Fsp3) is 0.188. The van der Waals surface area contributed by atoms with E-state index >= 15 is 0 Å². The van der Waals surface area contributed by atoms with Crippen molar-refractivity contribution in [3.8, 4) is 0 Å². The largest absolute Gasteiger partial charge is 0.377 e. The highest BCUT2D eigenvalue weighted by Gasteiger charge is 2.15. The van der Waals surface area contributed by atoms with Gasteiger partial charge in [0.25, 0.3) is 11.8 Å². The van der Waals surface area contributed by atoms with Crippen molar-refractivity contribution < 1.29 is 9.59 Å². The lowest BCUT2D eigenvalue weighted by Crippen LogP contribution is -2.17. The minimum atomic E-state index is -0.405. The van der Waals surface area contributed by atoms with Crippen LogP contribution in [0.5, 0.6) is 0 Å². The van der Waals surface area contributed by atoms with E-state index in [9.17, 15) is 9.59 Å². The van der Waals surface area contributed by atoms with E-state index in [1.165, 1.54) is 17.8 Å². The molecule has 0 bridgehead atoms. The van der Waals surface area contributed by atoms with Gasteiger partial charge in [-0.3, -0.25) is 19.6 Å². The van der Waals surface area contributed by atoms with Crippen LogP contribution in [-0.2, 0) is 0 Å². The minimum Gasteiger partial charge on any atom is -0.377 e. The Balaban J connectivity index is 1.36. The summed E-state index contributed by atoms with van der Waals surface area (Å²) in [5.41, 5.74) is 6.79. The van der Waals surface area contributed by atoms with E-state index in [4.69, 9.17) is 0 Å². The molecule has 0 saturated heterocycles. The van der Waals surface area contributed by atoms with E-state index in [1.54, 1.807) is 6.07 Å². The van der Waals surface area contributed by atoms with Crippen molar-refractivity contribution in [1.29, 1.82) is 0 Å². The molecule has 2 N–H and O–H groups in total. The summed E-state index contributed by atoms with van der Waals surface area (Å²) in [6.45, 7) is 4.02. The van der Waals surface area contributed by atoms with Gasteiger partial charge in [0.1, 0.15) is 5.69 Å². The SMILES string of the molecule is Cc1cc(N(C)C)c2cc(NC(=O)c3ccnc(C(=O)Nc4ccc5nc(C)cc(N(C)C)c5c4)c3)ccc2c1. The lowest BCUT2D eigenvalue weighted by atomic mass is 10.0. The molecule has 3 aromatic carbocycles. The summed E-state index contributed by atoms with van der Waals surface area (Å²) in [4.78, 5) is 39.1. The fourth-order valence-corrected chi connectivity index (χ4v) is 4.81. The maximum absolute atomic E-state index is 13.1. The van der Waals surface area contributed by atoms with Crippen LogP contribution in [0, 0.1) is 13.8 Å². The lowest BCUT2D eigenvalue weighted by molar-refractivity contribution is 0.102. The van der Waals surface area contributed by atoms with E-state index in [-0.39, 0.29) is 11.6 Å². The van der Waals surface area contributed by atoms with Gasteiger partial charge in [0.05, 0.1) is 5.52 Å². The van der Waals surface area contributed by atoms with Gasteiger partial charge in [-0.1, -0.05) is 12.1 Å². The van der Waals surface area contributed by atoms with Gasteiger partial charge in [0, 0.05) is 79.2 Å². The molecule has 5 rings (SSSR count). The van der Waals surface area contributed by atoms with Crippen molar-refractivity contribution in [1.82, 2.24) is 9.97 Å². The molecule has 2 aromatic heterocycles. The number of hydrogen-bond acceptors (Lipinski definition) is 6. The molecule has 2 amide bonds. The van der Waals surface area contributed by atoms with Gasteiger partial charge in [0.2, 0.25) is 0 Å². The summed E-state index contributed by atoms with van der Waals surface area (Å²) in [7, 11) is 7.94. The van der Waals surface area contributed by atoms with Crippen LogP contribution in [0.4, 0.5) is 22.7 Å². The summed E-state index contributed by atoms with van der Waals surface area (Å²) in [5.74, 6) is -0.728. The number of benzene rings is 3. The standard InChI is InChI=1S/C32H32N6O2/c1-19-13-21-7-8-23(17-25(21)29(14-19)37(3)4)35-31(39)22-11-12-33-28(16-22)32(40)36-24-9-10-27-26(18-24)30(38(5)6)15-20(2)34-27/h7-18H,1-6H3,(H,35,39)(H,36,40). The second-order valence-corrected chi connectivity index (χ2v) is 10.4. The Morgan fingerprint density at radius 3 is 2.08 bits per heavy atom. The van der Waals surface area contributed by atoms with Gasteiger partial charge in [-0.2, -0.15) is 0 Å². The molecule has 202 valence electrons. The molecule has 0 aliphatic carbocycles. The highest BCUT2D eigenvalue weighted by Crippen LogP contribution is 2.31. The number of anilines is 4. The number of nitrogens with one attached hydrogen (secondary N) is 2. The van der Waals surface area contributed by atoms with Gasteiger partial charge < -0.3 is 20.4 Å². The molecule has 0 spiro atoms. The normalized spacial score (nSPS) is 10.9. The number of fused-ring (bicyclic) bond motifs is 2. The van der Waals surface area contributed by atoms with Crippen LogP contribution < -0.4 is 20.4 Å². The highest BCUT2D eigenvalue weighted by atomic mass is 16.2. The molecule has 0 aliphatic heterocycles. The molecule has 2 heterocycles. The van der Waals surface area contributed by atoms with Gasteiger partial charge in [-0.05, 0) is 79.4 Å². The van der Waals surface area contributed by atoms with Crippen LogP contribution in [0.25, 0.3) is 21.7 Å². The second kappa shape index (κ2) is 10.6. The van der Waals surface area contributed by atoms with Crippen LogP contribution in [-0.4, -0.2) is 50.0 Å². The number of rotatable bonds is 6. The highest BCUT2D eigenvalue weighted by molar-refractivity contribution is 6.09. The first-order chi connectivity index (χ1) is 19.1. The van der Waals surface area contributed by atoms with E-state index in [2.05, 4.69) is 44.6 Å². The maximum Gasteiger partial charge on any atom is 0.274 e. The molecule has 8 nitrogen and oxygen atoms in total. The molecule has 0 radical (unpaired) electrons. The van der Waals surface area contributed by atoms with E-state index in [1.807, 2.05) is 82.5 Å². The second-order valence-electron chi connectivity index (χ2n) is 10.4. The van der Waals surface area contributed by atoms with Crippen LogP contribution in [0.1, 0.15) is 32.1 Å². The third kappa shape index (κ3) is 5.42. The Bertz CT molecular complexity index is 1650. The van der Waals surface area contributed by atoms with Crippen molar-refractivity contribution in [2.45, 2.75) is 13.8 Å². The number of carbonyl (C=O) groups is 2. The topological polar surface area (TPSA) is 90.5 Å². The number of pyridine rings is 2. The number of carbonyl (C=O) groups excluding carboxylic acids is 2. The third-order valence-electron chi connectivity index (χ3n) is 6.73. The zero-order chi connectivity index (χ0) is 28.6. The molecule has 0 fully saturated rings. The molecule has 8 heteroatoms. The number of aryl methyl sites for hydroxylation is 2. The number of amides is 2. The van der Waals surface area contributed by atoms with Crippen LogP contribution in [0.2, 0.25) is 0 Å². The third-order valence-corrected chi connectivity index (χ3v) is 6.73. The summed E-state index contributed by atoms with van der Waals surface area (Å²) in [6.07, 6.45) is 1.47. The van der Waals surface area contributed by atoms with Crippen molar-refractivity contribution in [2.24, 2.45) is 0 Å². The van der Waals surface area contributed by atoms with Crippen LogP contribution in [0.3, 0.4) is 0 Å². The molecule has 0 atom stereocenters. The van der Waals surface area contributed by atoms with Gasteiger partial charge in [-0.25, -0.2) is 0 Å². The van der Waals surface area contributed by atoms with Crippen LogP contribution in [0.15, 0.2) is 72.9 Å². The smallest absolute Gasteiger partial charge is 0.274 e. The average Bonchev–Trinajstić information content (AvgIpc) is 2.92. The Morgan fingerprint density at radius 1 is 0.700 bits per heavy atom. The van der Waals surface area contributed by atoms with Crippen molar-refractivity contribution >= 4 is 56.2 Å². The molecule has 5 aromatic rings. The molecule has 0 aliphatic rings. The summed E-state index contributed by atoms with van der Waals surface area (Å²) < 4.78 is 0. The first-order valence-electron chi connectivity index (χ1n) is 13.0. The van der Waals surface area contributed by atoms with Gasteiger partial charge in [0.15, 0.2) is 0 Å². The molecular weight excluding hydrogens is 500 g/mol. The number of hydrogen-bond donors (Lipinski definition) is 2. The summed E-state index contributed by atoms with van der Waals surface area (Å²) >= 11 is 0. The quantitative estimate of drug-likeness (QED) is 0.277. The monoisotopic (exact) mass is 532 g/mol. The Labute approximate surface area is 233 Å². The predicted octanol–water partition coefficient (Wildman–Crippen LogP) is 6.04. The molecule has 0 unspecified atom stereocenters. The first-order valence-corrected chi connectivity index (χ1v) is 13.0. The fourth-order valence-electron chi connectivity index (χ4n) is 4.81. The van der Waals surface area contributed by atoms with E-state index < -0.39 is 5.91 Å². The first kappa shape index (κ1) is 26.6. The lowest BCUT2D eigenvalue weighted by Gasteiger charge is -2.17. The summed E-state index contributed by atoms with van der Waals surface area (Å²) in [5, 5.41) is 8.93. The number of nitrogens with zero attached hydrogens (tertiary/aromatic N) is 4. The zero-order valence-corrected chi connectivity index (χ0v) is 23.5. The number of aromatic nitrogens is 2. The zero-order valence-electron chi connectivity index (χ0n) is 23.5. The van der Waals surface area contributed by atoms with E-state index in [0.29, 0.717) is 16.9 Å². The molecule has 40 heavy (non-hydrogen) atoms. The Morgan fingerprint density at radius 2 is 1.35 bits per heavy atom. The minimum absolute atomic E-state index is 0.145. The van der Waals surface area contributed by atoms with Gasteiger partial charge in [-0.15, -0.1) is 0 Å². The van der Waals surface area contributed by atoms with E-state index in [0.717, 1.165) is 38.7 Å². The van der Waals surface area contributed by atoms with Crippen molar-refractivity contribution in [3.63, 3.8) is 0 Å². The maximum atomic E-state index is 13.1. The van der Waals surface area contributed by atoms with Gasteiger partial charge >= 0.3 is 0 Å². The van der Waals surface area contributed by atoms with Crippen molar-refractivity contribution in [3.05, 3.63) is 95.4 Å². The Kier molecular flexibility index (Phi) is 7.09. The Hall–Kier alpha value is -4.98. The summed E-state index contributed by atoms with van der Waals surface area (Å²) in [6, 6.07) is 20.8.